The number of nitrogens with zero attached hydrogens (tertiary/aromatic N) is 5. The van der Waals surface area contributed by atoms with Crippen LogP contribution in [0.3, 0.4) is 0 Å². The molecule has 0 saturated carbocycles. The van der Waals surface area contributed by atoms with Gasteiger partial charge in [-0.25, -0.2) is 13.8 Å². The molecule has 4 heterocycles. The largest absolute Gasteiger partial charge is 0.457 e. The van der Waals surface area contributed by atoms with Crippen molar-refractivity contribution in [2.75, 3.05) is 16.5 Å². The highest BCUT2D eigenvalue weighted by atomic mass is 19.1. The normalized spacial score (nSPS) is 12.7. The summed E-state index contributed by atoms with van der Waals surface area (Å²) in [6.07, 6.45) is 1.81. The first-order valence-electron chi connectivity index (χ1n) is 18.4. The van der Waals surface area contributed by atoms with E-state index in [0.717, 1.165) is 78.2 Å². The molecule has 1 aliphatic heterocycles. The Labute approximate surface area is 320 Å². The third-order valence-corrected chi connectivity index (χ3v) is 10.7. The number of hydrogen-bond donors (Lipinski definition) is 0. The van der Waals surface area contributed by atoms with Gasteiger partial charge in [0.1, 0.15) is 35.6 Å². The number of rotatable bonds is 6. The minimum absolute atomic E-state index is 0.299. The highest BCUT2D eigenvalue weighted by Crippen LogP contribution is 2.47. The van der Waals surface area contributed by atoms with Crippen LogP contribution in [0.2, 0.25) is 0 Å². The minimum Gasteiger partial charge on any atom is -0.457 e. The Morgan fingerprint density at radius 1 is 0.446 bits per heavy atom. The molecular weight excluding hydrogens is 701 g/mol. The van der Waals surface area contributed by atoms with E-state index in [-0.39, 0.29) is 0 Å². The van der Waals surface area contributed by atoms with E-state index < -0.39 is 11.6 Å². The predicted molar refractivity (Wildman–Crippen MR) is 221 cm³/mol. The molecule has 10 aromatic rings. The Morgan fingerprint density at radius 3 is 1.73 bits per heavy atom. The molecule has 11 rings (SSSR count). The topological polar surface area (TPSA) is 38.5 Å². The van der Waals surface area contributed by atoms with Gasteiger partial charge in [0.2, 0.25) is 0 Å². The number of ether oxygens (including phenoxy) is 1. The number of anilines is 4. The fourth-order valence-electron chi connectivity index (χ4n) is 8.34. The molecule has 1 aliphatic rings. The second kappa shape index (κ2) is 12.6. The van der Waals surface area contributed by atoms with Crippen LogP contribution in [0.25, 0.3) is 55.1 Å². The van der Waals surface area contributed by atoms with E-state index in [4.69, 9.17) is 9.72 Å². The van der Waals surface area contributed by atoms with Crippen molar-refractivity contribution in [3.05, 3.63) is 188 Å². The maximum absolute atomic E-state index is 15.4. The summed E-state index contributed by atoms with van der Waals surface area (Å²) in [5.41, 5.74) is 7.93. The molecule has 0 saturated heterocycles. The van der Waals surface area contributed by atoms with Gasteiger partial charge in [0.25, 0.3) is 0 Å². The molecule has 7 aromatic carbocycles. The van der Waals surface area contributed by atoms with Gasteiger partial charge < -0.3 is 19.1 Å². The van der Waals surface area contributed by atoms with Crippen molar-refractivity contribution in [1.29, 1.82) is 0 Å². The highest BCUT2D eigenvalue weighted by Gasteiger charge is 2.30. The Hall–Kier alpha value is -7.45. The number of aromatic nitrogens is 3. The molecule has 0 amide bonds. The molecule has 6 nitrogen and oxygen atoms in total. The summed E-state index contributed by atoms with van der Waals surface area (Å²) in [6, 6.07) is 55.1. The van der Waals surface area contributed by atoms with Crippen LogP contribution >= 0.6 is 0 Å². The summed E-state index contributed by atoms with van der Waals surface area (Å²) in [6.45, 7) is 0.300. The quantitative estimate of drug-likeness (QED) is 0.171. The van der Waals surface area contributed by atoms with Crippen molar-refractivity contribution >= 4 is 66.4 Å². The van der Waals surface area contributed by atoms with Crippen LogP contribution in [-0.4, -0.2) is 20.8 Å². The molecule has 0 N–H and O–H groups in total. The first kappa shape index (κ1) is 32.0. The number of para-hydroxylation sites is 5. The monoisotopic (exact) mass is 731 g/mol. The molecule has 0 radical (unpaired) electrons. The van der Waals surface area contributed by atoms with Crippen LogP contribution in [0.4, 0.5) is 31.5 Å². The zero-order valence-corrected chi connectivity index (χ0v) is 29.9. The van der Waals surface area contributed by atoms with Crippen LogP contribution in [-0.2, 0) is 0 Å². The molecule has 0 atom stereocenters. The lowest BCUT2D eigenvalue weighted by Gasteiger charge is -2.24. The van der Waals surface area contributed by atoms with E-state index in [9.17, 15) is 4.39 Å². The highest BCUT2D eigenvalue weighted by molar-refractivity contribution is 6.10. The number of pyridine rings is 1. The van der Waals surface area contributed by atoms with E-state index >= 15 is 4.39 Å². The standard InChI is InChI=1S/C48H31F2N5O/c49-31-20-23-44(40(50)25-31)53-30-52(45-17-7-8-18-46(45)53)32-26-33(54-41-14-4-1-11-36(41)37-12-2-5-15-42(37)54)28-35(27-32)56-34-21-22-39-38-13-3-6-16-43(38)55(47(39)29-34)48-19-9-10-24-51-48/h1-29H,30H2. The lowest BCUT2D eigenvalue weighted by Crippen LogP contribution is -2.24. The van der Waals surface area contributed by atoms with Crippen molar-refractivity contribution < 1.29 is 13.5 Å². The molecule has 0 fully saturated rings. The SMILES string of the molecule is Fc1ccc(N2CN(c3cc(Oc4ccc5c6ccccc6n(-c6ccccn6)c5c4)cc(-n4c5ccccc5c5ccccc54)c3)c3ccccc32)c(F)c1. The van der Waals surface area contributed by atoms with Gasteiger partial charge in [-0.15, -0.1) is 0 Å². The second-order valence-electron chi connectivity index (χ2n) is 14.0. The van der Waals surface area contributed by atoms with E-state index in [0.29, 0.717) is 23.9 Å². The van der Waals surface area contributed by atoms with Crippen molar-refractivity contribution in [2.24, 2.45) is 0 Å². The number of hydrogen-bond acceptors (Lipinski definition) is 4. The van der Waals surface area contributed by atoms with E-state index in [2.05, 4.69) is 105 Å². The molecule has 56 heavy (non-hydrogen) atoms. The molecule has 8 heteroatoms. The summed E-state index contributed by atoms with van der Waals surface area (Å²) >= 11 is 0. The predicted octanol–water partition coefficient (Wildman–Crippen LogP) is 12.6. The van der Waals surface area contributed by atoms with Crippen LogP contribution < -0.4 is 14.5 Å². The molecule has 0 spiro atoms. The third kappa shape index (κ3) is 5.03. The first-order chi connectivity index (χ1) is 27.6. The maximum atomic E-state index is 15.4. The zero-order valence-electron chi connectivity index (χ0n) is 29.9. The lowest BCUT2D eigenvalue weighted by atomic mass is 10.1. The van der Waals surface area contributed by atoms with E-state index in [1.807, 2.05) is 65.6 Å². The fourth-order valence-corrected chi connectivity index (χ4v) is 8.34. The average molecular weight is 732 g/mol. The van der Waals surface area contributed by atoms with E-state index in [1.54, 1.807) is 6.20 Å². The summed E-state index contributed by atoms with van der Waals surface area (Å²) in [7, 11) is 0. The molecule has 268 valence electrons. The van der Waals surface area contributed by atoms with E-state index in [1.165, 1.54) is 12.1 Å². The summed E-state index contributed by atoms with van der Waals surface area (Å²) in [4.78, 5) is 8.73. The summed E-state index contributed by atoms with van der Waals surface area (Å²) < 4.78 is 40.7. The van der Waals surface area contributed by atoms with Crippen molar-refractivity contribution in [1.82, 2.24) is 14.1 Å². The van der Waals surface area contributed by atoms with Gasteiger partial charge >= 0.3 is 0 Å². The number of halogens is 2. The molecule has 0 aliphatic carbocycles. The summed E-state index contributed by atoms with van der Waals surface area (Å²) in [5, 5.41) is 4.52. The molecular formula is C48H31F2N5O. The van der Waals surface area contributed by atoms with Gasteiger partial charge in [-0.1, -0.05) is 72.8 Å². The molecule has 3 aromatic heterocycles. The first-order valence-corrected chi connectivity index (χ1v) is 18.4. The smallest absolute Gasteiger partial charge is 0.149 e. The van der Waals surface area contributed by atoms with Crippen LogP contribution in [0.15, 0.2) is 176 Å². The van der Waals surface area contributed by atoms with Gasteiger partial charge in [-0.05, 0) is 72.8 Å². The summed E-state index contributed by atoms with van der Waals surface area (Å²) in [5.74, 6) is 0.877. The van der Waals surface area contributed by atoms with Gasteiger partial charge in [-0.2, -0.15) is 0 Å². The Balaban J connectivity index is 1.10. The fraction of sp³-hybridized carbons (Fsp3) is 0.0208. The Bertz CT molecular complexity index is 3100. The second-order valence-corrected chi connectivity index (χ2v) is 14.0. The molecule has 0 unspecified atom stereocenters. The van der Waals surface area contributed by atoms with Gasteiger partial charge in [0.05, 0.1) is 44.8 Å². The number of fused-ring (bicyclic) bond motifs is 7. The van der Waals surface area contributed by atoms with Gasteiger partial charge in [0, 0.05) is 57.7 Å². The van der Waals surface area contributed by atoms with Crippen molar-refractivity contribution in [3.63, 3.8) is 0 Å². The maximum Gasteiger partial charge on any atom is 0.149 e. The lowest BCUT2D eigenvalue weighted by molar-refractivity contribution is 0.483. The van der Waals surface area contributed by atoms with Crippen molar-refractivity contribution in [3.8, 4) is 23.0 Å². The Kier molecular flexibility index (Phi) is 7.19. The Morgan fingerprint density at radius 2 is 1.05 bits per heavy atom. The van der Waals surface area contributed by atoms with Gasteiger partial charge in [-0.3, -0.25) is 4.57 Å². The van der Waals surface area contributed by atoms with Gasteiger partial charge in [0.15, 0.2) is 0 Å². The zero-order chi connectivity index (χ0) is 37.3. The van der Waals surface area contributed by atoms with Crippen LogP contribution in [0.5, 0.6) is 11.5 Å². The van der Waals surface area contributed by atoms with Crippen molar-refractivity contribution in [2.45, 2.75) is 0 Å². The van der Waals surface area contributed by atoms with Crippen LogP contribution in [0.1, 0.15) is 0 Å². The minimum atomic E-state index is -0.622. The van der Waals surface area contributed by atoms with Crippen LogP contribution in [0, 0.1) is 11.6 Å². The molecule has 0 bridgehead atoms. The number of benzene rings is 7. The average Bonchev–Trinajstić information content (AvgIpc) is 3.89. The third-order valence-electron chi connectivity index (χ3n) is 10.7.